The van der Waals surface area contributed by atoms with Crippen LogP contribution in [0.5, 0.6) is 0 Å². The molecule has 1 saturated heterocycles. The first-order valence-corrected chi connectivity index (χ1v) is 12.2. The maximum Gasteiger partial charge on any atom is 0.139 e. The Kier molecular flexibility index (Phi) is 4.93. The van der Waals surface area contributed by atoms with Gasteiger partial charge in [0.1, 0.15) is 5.78 Å². The van der Waals surface area contributed by atoms with Crippen LogP contribution in [0, 0.1) is 28.1 Å². The van der Waals surface area contributed by atoms with Crippen molar-refractivity contribution in [2.75, 3.05) is 19.8 Å². The number of halogens is 1. The molecule has 3 unspecified atom stereocenters. The molecular formula is C27H38FNO. The topological polar surface area (TPSA) is 29.1 Å². The largest absolute Gasteiger partial charge is 0.316 e. The van der Waals surface area contributed by atoms with Crippen LogP contribution >= 0.6 is 0 Å². The highest BCUT2D eigenvalue weighted by Crippen LogP contribution is 2.71. The third-order valence-corrected chi connectivity index (χ3v) is 9.57. The van der Waals surface area contributed by atoms with Crippen molar-refractivity contribution in [1.29, 1.82) is 0 Å². The summed E-state index contributed by atoms with van der Waals surface area (Å²) in [5.74, 6) is 1.55. The van der Waals surface area contributed by atoms with Crippen molar-refractivity contribution >= 4 is 5.78 Å². The lowest BCUT2D eigenvalue weighted by Crippen LogP contribution is -2.61. The second-order valence-electron chi connectivity index (χ2n) is 12.2. The summed E-state index contributed by atoms with van der Waals surface area (Å²) < 4.78 is 13.7. The highest BCUT2D eigenvalue weighted by Gasteiger charge is 2.65. The number of nitrogens with one attached hydrogen (secondary N) is 1. The zero-order chi connectivity index (χ0) is 21.0. The first-order chi connectivity index (χ1) is 14.3. The van der Waals surface area contributed by atoms with Gasteiger partial charge in [-0.3, -0.25) is 9.18 Å². The summed E-state index contributed by atoms with van der Waals surface area (Å²) in [6.45, 7) is 6.40. The lowest BCUT2D eigenvalue weighted by Gasteiger charge is -2.66. The molecule has 4 aliphatic carbocycles. The molecule has 1 aromatic rings. The van der Waals surface area contributed by atoms with Crippen molar-refractivity contribution in [2.45, 2.75) is 77.0 Å². The fourth-order valence-electron chi connectivity index (χ4n) is 8.58. The summed E-state index contributed by atoms with van der Waals surface area (Å²) in [6, 6.07) is 10.9. The van der Waals surface area contributed by atoms with Gasteiger partial charge in [-0.25, -0.2) is 0 Å². The van der Waals surface area contributed by atoms with Crippen LogP contribution in [0.15, 0.2) is 30.3 Å². The van der Waals surface area contributed by atoms with Gasteiger partial charge in [0.05, 0.1) is 6.67 Å². The quantitative estimate of drug-likeness (QED) is 0.636. The zero-order valence-corrected chi connectivity index (χ0v) is 18.8. The van der Waals surface area contributed by atoms with Crippen molar-refractivity contribution in [2.24, 2.45) is 28.1 Å². The van der Waals surface area contributed by atoms with Gasteiger partial charge in [0, 0.05) is 18.4 Å². The average Bonchev–Trinajstić information content (AvgIpc) is 2.69. The Labute approximate surface area is 181 Å². The molecule has 5 atom stereocenters. The number of carbonyl (C=O) groups is 1. The summed E-state index contributed by atoms with van der Waals surface area (Å²) >= 11 is 0. The lowest BCUT2D eigenvalue weighted by molar-refractivity contribution is -0.164. The van der Waals surface area contributed by atoms with Crippen LogP contribution in [-0.4, -0.2) is 25.5 Å². The fourth-order valence-corrected chi connectivity index (χ4v) is 8.58. The standard InChI is InChI=1S/C27H38FNO/c1-24(2)19-29-11-8-22(24)12-23(30)27-15-20-13-25(17-27,9-10-28)16-26(14-20,18-27)21-6-4-3-5-7-21/h3-7,20,22,29H,8-19H2,1-2H3/t20?,22?,25-,26-,27?/m1/s1. The van der Waals surface area contributed by atoms with E-state index in [0.717, 1.165) is 58.0 Å². The maximum absolute atomic E-state index is 14.1. The molecule has 1 N–H and O–H groups in total. The Morgan fingerprint density at radius 1 is 1.10 bits per heavy atom. The number of alkyl halides is 1. The minimum absolute atomic E-state index is 0.0311. The minimum atomic E-state index is -0.247. The van der Waals surface area contributed by atoms with E-state index in [1.54, 1.807) is 0 Å². The van der Waals surface area contributed by atoms with E-state index in [1.807, 2.05) is 0 Å². The van der Waals surface area contributed by atoms with Gasteiger partial charge in [0.25, 0.3) is 0 Å². The Morgan fingerprint density at radius 2 is 1.90 bits per heavy atom. The Hall–Kier alpha value is -1.22. The summed E-state index contributed by atoms with van der Waals surface area (Å²) in [4.78, 5) is 14.1. The van der Waals surface area contributed by atoms with Crippen LogP contribution < -0.4 is 5.32 Å². The molecule has 1 aromatic carbocycles. The molecule has 4 bridgehead atoms. The summed E-state index contributed by atoms with van der Waals surface area (Å²) in [5.41, 5.74) is 1.46. The van der Waals surface area contributed by atoms with E-state index in [2.05, 4.69) is 49.5 Å². The number of hydrogen-bond acceptors (Lipinski definition) is 2. The van der Waals surface area contributed by atoms with E-state index in [0.29, 0.717) is 24.0 Å². The number of carbonyl (C=O) groups excluding carboxylic acids is 1. The number of piperidine rings is 1. The molecule has 164 valence electrons. The fraction of sp³-hybridized carbons (Fsp3) is 0.741. The molecule has 1 heterocycles. The second kappa shape index (κ2) is 7.15. The molecule has 4 saturated carbocycles. The Morgan fingerprint density at radius 3 is 2.63 bits per heavy atom. The van der Waals surface area contributed by atoms with E-state index in [4.69, 9.17) is 0 Å². The van der Waals surface area contributed by atoms with Crippen LogP contribution in [0.2, 0.25) is 0 Å². The lowest BCUT2D eigenvalue weighted by atomic mass is 9.37. The van der Waals surface area contributed by atoms with Crippen LogP contribution in [-0.2, 0) is 10.2 Å². The van der Waals surface area contributed by atoms with Gasteiger partial charge in [-0.15, -0.1) is 0 Å². The molecule has 0 amide bonds. The zero-order valence-electron chi connectivity index (χ0n) is 18.8. The Bertz CT molecular complexity index is 806. The molecule has 5 fully saturated rings. The van der Waals surface area contributed by atoms with Crippen molar-refractivity contribution in [3.8, 4) is 0 Å². The average molecular weight is 412 g/mol. The number of rotatable bonds is 6. The molecule has 6 rings (SSSR count). The van der Waals surface area contributed by atoms with Gasteiger partial charge >= 0.3 is 0 Å². The Balaban J connectivity index is 1.49. The molecule has 30 heavy (non-hydrogen) atoms. The first-order valence-electron chi connectivity index (χ1n) is 12.2. The first kappa shape index (κ1) is 20.7. The summed E-state index contributed by atoms with van der Waals surface area (Å²) in [5, 5.41) is 3.51. The molecule has 0 aromatic heterocycles. The van der Waals surface area contributed by atoms with E-state index in [1.165, 1.54) is 12.0 Å². The predicted octanol–water partition coefficient (Wildman–Crippen LogP) is 5.85. The summed E-state index contributed by atoms with van der Waals surface area (Å²) in [7, 11) is 0. The van der Waals surface area contributed by atoms with Gasteiger partial charge in [0.2, 0.25) is 0 Å². The smallest absolute Gasteiger partial charge is 0.139 e. The molecule has 0 radical (unpaired) electrons. The third-order valence-electron chi connectivity index (χ3n) is 9.57. The van der Waals surface area contributed by atoms with Crippen LogP contribution in [0.25, 0.3) is 0 Å². The van der Waals surface area contributed by atoms with Gasteiger partial charge in [0.15, 0.2) is 0 Å². The highest BCUT2D eigenvalue weighted by molar-refractivity contribution is 5.86. The van der Waals surface area contributed by atoms with E-state index in [9.17, 15) is 9.18 Å². The highest BCUT2D eigenvalue weighted by atomic mass is 19.1. The monoisotopic (exact) mass is 411 g/mol. The van der Waals surface area contributed by atoms with Crippen molar-refractivity contribution in [3.05, 3.63) is 35.9 Å². The number of Topliss-reactive ketones (excluding diaryl/α,β-unsaturated/α-hetero) is 1. The molecule has 2 nitrogen and oxygen atoms in total. The van der Waals surface area contributed by atoms with Crippen molar-refractivity contribution < 1.29 is 9.18 Å². The van der Waals surface area contributed by atoms with Crippen LogP contribution in [0.3, 0.4) is 0 Å². The van der Waals surface area contributed by atoms with Crippen LogP contribution in [0.4, 0.5) is 4.39 Å². The molecule has 0 spiro atoms. The van der Waals surface area contributed by atoms with Gasteiger partial charge in [-0.05, 0) is 91.6 Å². The van der Waals surface area contributed by atoms with Gasteiger partial charge in [-0.1, -0.05) is 44.2 Å². The molecular weight excluding hydrogens is 373 g/mol. The minimum Gasteiger partial charge on any atom is -0.316 e. The molecule has 1 aliphatic heterocycles. The SMILES string of the molecule is CC1(C)CNCCC1CC(=O)C12CC3C[C@@](CCF)(C1)C[C@](c1ccccc1)(C3)C2. The molecule has 3 heteroatoms. The van der Waals surface area contributed by atoms with Gasteiger partial charge < -0.3 is 5.32 Å². The third kappa shape index (κ3) is 3.27. The maximum atomic E-state index is 14.1. The van der Waals surface area contributed by atoms with Crippen LogP contribution in [0.1, 0.15) is 77.2 Å². The normalized spacial score (nSPS) is 41.7. The number of hydrogen-bond donors (Lipinski definition) is 1. The molecule has 5 aliphatic rings. The number of ketones is 1. The summed E-state index contributed by atoms with van der Waals surface area (Å²) in [6.07, 6.45) is 8.87. The van der Waals surface area contributed by atoms with E-state index in [-0.39, 0.29) is 28.3 Å². The number of benzene rings is 1. The van der Waals surface area contributed by atoms with E-state index >= 15 is 0 Å². The predicted molar refractivity (Wildman–Crippen MR) is 119 cm³/mol. The van der Waals surface area contributed by atoms with Gasteiger partial charge in [-0.2, -0.15) is 0 Å². The second-order valence-corrected chi connectivity index (χ2v) is 12.2. The van der Waals surface area contributed by atoms with E-state index < -0.39 is 0 Å². The van der Waals surface area contributed by atoms with Crippen molar-refractivity contribution in [1.82, 2.24) is 5.32 Å². The van der Waals surface area contributed by atoms with Crippen molar-refractivity contribution in [3.63, 3.8) is 0 Å².